The quantitative estimate of drug-likeness (QED) is 0.479. The van der Waals surface area contributed by atoms with Crippen molar-refractivity contribution in [1.82, 2.24) is 0 Å². The summed E-state index contributed by atoms with van der Waals surface area (Å²) in [4.78, 5) is 9.00. The Labute approximate surface area is 168 Å². The van der Waals surface area contributed by atoms with Gasteiger partial charge in [-0.3, -0.25) is 4.79 Å². The van der Waals surface area contributed by atoms with Crippen LogP contribution in [0.4, 0.5) is 0 Å². The molecule has 138 valence electrons. The van der Waals surface area contributed by atoms with Crippen LogP contribution in [0.5, 0.6) is 0 Å². The van der Waals surface area contributed by atoms with Crippen molar-refractivity contribution in [2.75, 3.05) is 7.11 Å². The molecule has 0 saturated heterocycles. The van der Waals surface area contributed by atoms with Gasteiger partial charge in [0.2, 0.25) is 0 Å². The van der Waals surface area contributed by atoms with Crippen molar-refractivity contribution in [2.24, 2.45) is 5.92 Å². The van der Waals surface area contributed by atoms with Crippen LogP contribution in [-0.4, -0.2) is 18.2 Å². The molecule has 1 N–H and O–H groups in total. The van der Waals surface area contributed by atoms with Crippen molar-refractivity contribution < 1.29 is 14.6 Å². The highest BCUT2D eigenvalue weighted by molar-refractivity contribution is 9.10. The van der Waals surface area contributed by atoms with Crippen molar-refractivity contribution in [3.8, 4) is 11.8 Å². The number of allylic oxidation sites excluding steroid dienone is 2. The van der Waals surface area contributed by atoms with Crippen molar-refractivity contribution >= 4 is 33.5 Å². The molecule has 2 aromatic carbocycles. The van der Waals surface area contributed by atoms with Gasteiger partial charge in [-0.25, -0.2) is 0 Å². The van der Waals surface area contributed by atoms with Gasteiger partial charge in [-0.05, 0) is 47.5 Å². The summed E-state index contributed by atoms with van der Waals surface area (Å²) in [5, 5.41) is 7.42. The zero-order chi connectivity index (χ0) is 19.8. The lowest BCUT2D eigenvalue weighted by Gasteiger charge is -2.20. The highest BCUT2D eigenvalue weighted by Crippen LogP contribution is 2.33. The molecule has 0 bridgehead atoms. The predicted octanol–water partition coefficient (Wildman–Crippen LogP) is 5.59. The number of hydrogen-bond acceptors (Lipinski definition) is 2. The third-order valence-electron chi connectivity index (χ3n) is 3.86. The summed E-state index contributed by atoms with van der Waals surface area (Å²) in [6.45, 7) is 3.25. The molecule has 0 spiro atoms. The number of carboxylic acids is 1. The van der Waals surface area contributed by atoms with E-state index in [0.717, 1.165) is 22.5 Å². The van der Waals surface area contributed by atoms with Crippen molar-refractivity contribution in [1.29, 1.82) is 0 Å². The van der Waals surface area contributed by atoms with Gasteiger partial charge in [-0.1, -0.05) is 52.9 Å². The number of aliphatic carboxylic acids is 1. The number of fused-ring (bicyclic) bond motifs is 1. The molecule has 0 heterocycles. The fourth-order valence-electron chi connectivity index (χ4n) is 2.60. The molecule has 2 aromatic rings. The van der Waals surface area contributed by atoms with Crippen molar-refractivity contribution in [3.05, 3.63) is 81.5 Å². The zero-order valence-electron chi connectivity index (χ0n) is 15.5. The van der Waals surface area contributed by atoms with Crippen LogP contribution in [-0.2, 0) is 9.53 Å². The van der Waals surface area contributed by atoms with Crippen LogP contribution < -0.4 is 0 Å². The number of hydrogen-bond donors (Lipinski definition) is 1. The smallest absolute Gasteiger partial charge is 0.300 e. The number of ether oxygens (including phenoxy) is 1. The van der Waals surface area contributed by atoms with Crippen molar-refractivity contribution in [3.63, 3.8) is 0 Å². The summed E-state index contributed by atoms with van der Waals surface area (Å²) >= 11 is 3.44. The lowest BCUT2D eigenvalue weighted by Crippen LogP contribution is -2.03. The number of methoxy groups -OCH3 is 1. The van der Waals surface area contributed by atoms with Gasteiger partial charge in [0.15, 0.2) is 0 Å². The monoisotopic (exact) mass is 424 g/mol. The van der Waals surface area contributed by atoms with Gasteiger partial charge in [0.1, 0.15) is 0 Å². The Morgan fingerprint density at radius 3 is 2.37 bits per heavy atom. The normalized spacial score (nSPS) is 15.7. The molecule has 0 amide bonds. The van der Waals surface area contributed by atoms with E-state index in [1.165, 1.54) is 16.7 Å². The topological polar surface area (TPSA) is 46.5 Å². The van der Waals surface area contributed by atoms with E-state index in [2.05, 4.69) is 65.0 Å². The SMILES string of the molecule is CC(=O)O.CO/C=C1/c2cc(C#Cc3ccc(Br)cc3)ccc2C=CC1C. The maximum absolute atomic E-state index is 9.00. The molecule has 0 fully saturated rings. The average molecular weight is 425 g/mol. The summed E-state index contributed by atoms with van der Waals surface area (Å²) in [6.07, 6.45) is 6.19. The molecule has 1 unspecified atom stereocenters. The minimum absolute atomic E-state index is 0.345. The minimum Gasteiger partial charge on any atom is -0.504 e. The van der Waals surface area contributed by atoms with Crippen LogP contribution in [0, 0.1) is 17.8 Å². The number of carboxylic acid groups (broad SMARTS) is 1. The predicted molar refractivity (Wildman–Crippen MR) is 113 cm³/mol. The van der Waals surface area contributed by atoms with Crippen LogP contribution in [0.25, 0.3) is 11.6 Å². The Morgan fingerprint density at radius 2 is 1.74 bits per heavy atom. The van der Waals surface area contributed by atoms with Crippen LogP contribution in [0.3, 0.4) is 0 Å². The molecule has 1 atom stereocenters. The molecule has 0 radical (unpaired) electrons. The molecule has 4 heteroatoms. The summed E-state index contributed by atoms with van der Waals surface area (Å²) < 4.78 is 6.31. The molecule has 3 rings (SSSR count). The minimum atomic E-state index is -0.833. The molecule has 0 aliphatic heterocycles. The molecule has 1 aliphatic carbocycles. The first kappa shape index (κ1) is 20.5. The van der Waals surface area contributed by atoms with E-state index < -0.39 is 5.97 Å². The van der Waals surface area contributed by atoms with Crippen LogP contribution >= 0.6 is 15.9 Å². The molecule has 1 aliphatic rings. The lowest BCUT2D eigenvalue weighted by atomic mass is 9.85. The maximum Gasteiger partial charge on any atom is 0.300 e. The largest absolute Gasteiger partial charge is 0.504 e. The van der Waals surface area contributed by atoms with Gasteiger partial charge in [-0.15, -0.1) is 0 Å². The Morgan fingerprint density at radius 1 is 1.15 bits per heavy atom. The van der Waals surface area contributed by atoms with Gasteiger partial charge in [0.05, 0.1) is 13.4 Å². The van der Waals surface area contributed by atoms with E-state index in [1.54, 1.807) is 7.11 Å². The standard InChI is InChI=1S/C21H17BrO.C2H4O2/c1-15-3-9-18-10-6-17(13-20(18)21(15)14-23-2)5-4-16-7-11-19(22)12-8-16;1-2(3)4/h3,6-15H,1-2H3;1H3,(H,3,4)/b21-14+;. The number of halogens is 1. The Bertz CT molecular complexity index is 924. The molecular formula is C23H21BrO3. The van der Waals surface area contributed by atoms with E-state index >= 15 is 0 Å². The molecule has 3 nitrogen and oxygen atoms in total. The van der Waals surface area contributed by atoms with Gasteiger partial charge in [-0.2, -0.15) is 0 Å². The van der Waals surface area contributed by atoms with Gasteiger partial charge in [0.25, 0.3) is 5.97 Å². The summed E-state index contributed by atoms with van der Waals surface area (Å²) in [5.41, 5.74) is 5.62. The van der Waals surface area contributed by atoms with Crippen LogP contribution in [0.1, 0.15) is 36.1 Å². The maximum atomic E-state index is 9.00. The highest BCUT2D eigenvalue weighted by Gasteiger charge is 2.16. The first-order valence-electron chi connectivity index (χ1n) is 8.43. The van der Waals surface area contributed by atoms with Crippen molar-refractivity contribution in [2.45, 2.75) is 13.8 Å². The van der Waals surface area contributed by atoms with E-state index in [4.69, 9.17) is 14.6 Å². The number of rotatable bonds is 1. The van der Waals surface area contributed by atoms with Gasteiger partial charge in [0, 0.05) is 34.0 Å². The second kappa shape index (κ2) is 9.80. The first-order chi connectivity index (χ1) is 12.9. The molecule has 0 saturated carbocycles. The zero-order valence-corrected chi connectivity index (χ0v) is 17.1. The molecule has 27 heavy (non-hydrogen) atoms. The average Bonchev–Trinajstić information content (AvgIpc) is 2.63. The van der Waals surface area contributed by atoms with E-state index in [0.29, 0.717) is 5.92 Å². The van der Waals surface area contributed by atoms with E-state index in [1.807, 2.05) is 30.5 Å². The Balaban J connectivity index is 0.000000596. The summed E-state index contributed by atoms with van der Waals surface area (Å²) in [6, 6.07) is 14.4. The highest BCUT2D eigenvalue weighted by atomic mass is 79.9. The summed E-state index contributed by atoms with van der Waals surface area (Å²) in [5.74, 6) is 5.98. The molecule has 0 aromatic heterocycles. The fourth-order valence-corrected chi connectivity index (χ4v) is 2.87. The second-order valence-electron chi connectivity index (χ2n) is 6.03. The Kier molecular flexibility index (Phi) is 7.45. The Hall–Kier alpha value is -2.77. The van der Waals surface area contributed by atoms with Crippen LogP contribution in [0.2, 0.25) is 0 Å². The lowest BCUT2D eigenvalue weighted by molar-refractivity contribution is -0.134. The van der Waals surface area contributed by atoms with Gasteiger partial charge < -0.3 is 9.84 Å². The second-order valence-corrected chi connectivity index (χ2v) is 6.95. The van der Waals surface area contributed by atoms with Crippen LogP contribution in [0.15, 0.2) is 59.3 Å². The van der Waals surface area contributed by atoms with E-state index in [-0.39, 0.29) is 0 Å². The molecular weight excluding hydrogens is 404 g/mol. The third kappa shape index (κ3) is 6.16. The number of benzene rings is 2. The first-order valence-corrected chi connectivity index (χ1v) is 9.22. The van der Waals surface area contributed by atoms with Gasteiger partial charge >= 0.3 is 0 Å². The summed E-state index contributed by atoms with van der Waals surface area (Å²) in [7, 11) is 1.69. The fraction of sp³-hybridized carbons (Fsp3) is 0.174. The number of carbonyl (C=O) groups is 1. The third-order valence-corrected chi connectivity index (χ3v) is 4.39. The van der Waals surface area contributed by atoms with E-state index in [9.17, 15) is 0 Å².